The predicted octanol–water partition coefficient (Wildman–Crippen LogP) is 2.15. The lowest BCUT2D eigenvalue weighted by atomic mass is 10.2. The molecule has 0 radical (unpaired) electrons. The number of nitrogens with zero attached hydrogens (tertiary/aromatic N) is 2. The molecule has 2 aromatic rings. The van der Waals surface area contributed by atoms with E-state index in [0.717, 1.165) is 0 Å². The molecule has 7 heteroatoms. The number of aromatic nitrogens is 1. The lowest BCUT2D eigenvalue weighted by Crippen LogP contribution is -2.39. The minimum absolute atomic E-state index is 0.108. The van der Waals surface area contributed by atoms with Crippen LogP contribution < -0.4 is 15.5 Å². The summed E-state index contributed by atoms with van der Waals surface area (Å²) in [5.74, 6) is -0.464. The van der Waals surface area contributed by atoms with E-state index in [4.69, 9.17) is 0 Å². The second-order valence-electron chi connectivity index (χ2n) is 5.22. The number of carbonyl (C=O) groups excluding carboxylic acids is 2. The summed E-state index contributed by atoms with van der Waals surface area (Å²) >= 11 is 0. The van der Waals surface area contributed by atoms with E-state index in [1.807, 2.05) is 0 Å². The smallest absolute Gasteiger partial charge is 0.319 e. The maximum atomic E-state index is 13.0. The molecule has 0 spiro atoms. The van der Waals surface area contributed by atoms with Gasteiger partial charge in [-0.25, -0.2) is 9.18 Å². The number of halogens is 1. The summed E-state index contributed by atoms with van der Waals surface area (Å²) in [6.45, 7) is 0.352. The molecule has 118 valence electrons. The Morgan fingerprint density at radius 2 is 2.04 bits per heavy atom. The van der Waals surface area contributed by atoms with Gasteiger partial charge in [-0.15, -0.1) is 0 Å². The molecule has 1 aliphatic rings. The van der Waals surface area contributed by atoms with Gasteiger partial charge in [0.05, 0.1) is 17.9 Å². The van der Waals surface area contributed by atoms with Crippen LogP contribution in [0.5, 0.6) is 0 Å². The van der Waals surface area contributed by atoms with Gasteiger partial charge in [0, 0.05) is 24.8 Å². The van der Waals surface area contributed by atoms with Crippen molar-refractivity contribution in [3.05, 3.63) is 54.6 Å². The third kappa shape index (κ3) is 3.63. The van der Waals surface area contributed by atoms with E-state index < -0.39 is 6.03 Å². The summed E-state index contributed by atoms with van der Waals surface area (Å²) in [5.41, 5.74) is 1.19. The summed E-state index contributed by atoms with van der Waals surface area (Å²) in [6.07, 6.45) is 3.35. The predicted molar refractivity (Wildman–Crippen MR) is 83.5 cm³/mol. The molecular formula is C16H15FN4O2. The number of anilines is 2. The van der Waals surface area contributed by atoms with Crippen molar-refractivity contribution in [3.63, 3.8) is 0 Å². The van der Waals surface area contributed by atoms with Crippen LogP contribution in [-0.4, -0.2) is 29.5 Å². The Hall–Kier alpha value is -2.96. The molecule has 0 saturated carbocycles. The molecule has 1 aromatic heterocycles. The third-order valence-corrected chi connectivity index (χ3v) is 3.52. The summed E-state index contributed by atoms with van der Waals surface area (Å²) in [7, 11) is 0. The van der Waals surface area contributed by atoms with Crippen molar-refractivity contribution in [1.29, 1.82) is 0 Å². The second-order valence-corrected chi connectivity index (χ2v) is 5.22. The highest BCUT2D eigenvalue weighted by atomic mass is 19.1. The van der Waals surface area contributed by atoms with E-state index in [0.29, 0.717) is 17.9 Å². The van der Waals surface area contributed by atoms with Gasteiger partial charge in [-0.2, -0.15) is 0 Å². The number of rotatable bonds is 3. The molecule has 1 aromatic carbocycles. The van der Waals surface area contributed by atoms with Gasteiger partial charge in [-0.3, -0.25) is 9.78 Å². The number of hydrogen-bond acceptors (Lipinski definition) is 3. The van der Waals surface area contributed by atoms with Gasteiger partial charge in [0.15, 0.2) is 0 Å². The fourth-order valence-corrected chi connectivity index (χ4v) is 2.46. The van der Waals surface area contributed by atoms with Gasteiger partial charge in [0.25, 0.3) is 0 Å². The van der Waals surface area contributed by atoms with E-state index in [2.05, 4.69) is 15.6 Å². The van der Waals surface area contributed by atoms with Crippen LogP contribution >= 0.6 is 0 Å². The lowest BCUT2D eigenvalue weighted by Gasteiger charge is -2.17. The molecule has 1 atom stereocenters. The first-order valence-electron chi connectivity index (χ1n) is 7.15. The van der Waals surface area contributed by atoms with E-state index in [-0.39, 0.29) is 24.2 Å². The molecule has 2 heterocycles. The summed E-state index contributed by atoms with van der Waals surface area (Å²) in [4.78, 5) is 29.4. The Labute approximate surface area is 132 Å². The maximum Gasteiger partial charge on any atom is 0.319 e. The average molecular weight is 314 g/mol. The number of carbonyl (C=O) groups is 2. The molecule has 1 saturated heterocycles. The van der Waals surface area contributed by atoms with Gasteiger partial charge in [-0.05, 0) is 36.4 Å². The first kappa shape index (κ1) is 15.0. The molecule has 1 aliphatic heterocycles. The van der Waals surface area contributed by atoms with Crippen molar-refractivity contribution in [1.82, 2.24) is 10.3 Å². The van der Waals surface area contributed by atoms with E-state index in [1.54, 1.807) is 30.5 Å². The molecule has 3 amide bonds. The molecule has 2 N–H and O–H groups in total. The van der Waals surface area contributed by atoms with E-state index in [9.17, 15) is 14.0 Å². The topological polar surface area (TPSA) is 74.3 Å². The lowest BCUT2D eigenvalue weighted by molar-refractivity contribution is -0.117. The van der Waals surface area contributed by atoms with Crippen molar-refractivity contribution in [3.8, 4) is 0 Å². The second kappa shape index (κ2) is 6.43. The van der Waals surface area contributed by atoms with Crippen molar-refractivity contribution >= 4 is 23.3 Å². The molecule has 23 heavy (non-hydrogen) atoms. The van der Waals surface area contributed by atoms with Crippen molar-refractivity contribution in [2.45, 2.75) is 12.5 Å². The van der Waals surface area contributed by atoms with Crippen LogP contribution in [0.2, 0.25) is 0 Å². The zero-order chi connectivity index (χ0) is 16.2. The standard InChI is InChI=1S/C16H15FN4O2/c17-11-3-5-14(6-4-11)21-10-13(8-15(21)22)20-16(23)19-12-2-1-7-18-9-12/h1-7,9,13H,8,10H2,(H2,19,20,23)/t13-/m0/s1. The Morgan fingerprint density at radius 3 is 2.74 bits per heavy atom. The van der Waals surface area contributed by atoms with E-state index in [1.165, 1.54) is 23.2 Å². The van der Waals surface area contributed by atoms with Crippen LogP contribution in [0.1, 0.15) is 6.42 Å². The Morgan fingerprint density at radius 1 is 1.26 bits per heavy atom. The minimum atomic E-state index is -0.392. The first-order chi connectivity index (χ1) is 11.1. The van der Waals surface area contributed by atoms with Crippen molar-refractivity contribution in [2.24, 2.45) is 0 Å². The monoisotopic (exact) mass is 314 g/mol. The highest BCUT2D eigenvalue weighted by Gasteiger charge is 2.31. The number of nitrogens with one attached hydrogen (secondary N) is 2. The third-order valence-electron chi connectivity index (χ3n) is 3.52. The number of hydrogen-bond donors (Lipinski definition) is 2. The van der Waals surface area contributed by atoms with Gasteiger partial charge in [-0.1, -0.05) is 0 Å². The Kier molecular flexibility index (Phi) is 4.18. The Balaban J connectivity index is 1.59. The molecule has 0 aliphatic carbocycles. The van der Waals surface area contributed by atoms with Gasteiger partial charge in [0.2, 0.25) is 5.91 Å². The number of pyridine rings is 1. The SMILES string of the molecule is O=C(Nc1cccnc1)N[C@H]1CC(=O)N(c2ccc(F)cc2)C1. The zero-order valence-corrected chi connectivity index (χ0v) is 12.2. The van der Waals surface area contributed by atoms with Crippen LogP contribution in [0, 0.1) is 5.82 Å². The van der Waals surface area contributed by atoms with Gasteiger partial charge in [0.1, 0.15) is 5.82 Å². The minimum Gasteiger partial charge on any atom is -0.333 e. The Bertz CT molecular complexity index is 706. The summed E-state index contributed by atoms with van der Waals surface area (Å²) in [5, 5.41) is 5.41. The van der Waals surface area contributed by atoms with Crippen LogP contribution in [0.15, 0.2) is 48.8 Å². The molecule has 0 unspecified atom stereocenters. The normalized spacial score (nSPS) is 17.2. The quantitative estimate of drug-likeness (QED) is 0.911. The molecule has 0 bridgehead atoms. The van der Waals surface area contributed by atoms with Crippen molar-refractivity contribution in [2.75, 3.05) is 16.8 Å². The van der Waals surface area contributed by atoms with Crippen LogP contribution in [-0.2, 0) is 4.79 Å². The van der Waals surface area contributed by atoms with Gasteiger partial charge < -0.3 is 15.5 Å². The number of urea groups is 1. The fraction of sp³-hybridized carbons (Fsp3) is 0.188. The highest BCUT2D eigenvalue weighted by Crippen LogP contribution is 2.21. The number of amides is 3. The van der Waals surface area contributed by atoms with E-state index >= 15 is 0 Å². The van der Waals surface area contributed by atoms with Crippen molar-refractivity contribution < 1.29 is 14.0 Å². The maximum absolute atomic E-state index is 13.0. The largest absolute Gasteiger partial charge is 0.333 e. The van der Waals surface area contributed by atoms with Crippen LogP contribution in [0.4, 0.5) is 20.6 Å². The molecule has 3 rings (SSSR count). The fourth-order valence-electron chi connectivity index (χ4n) is 2.46. The van der Waals surface area contributed by atoms with Crippen LogP contribution in [0.25, 0.3) is 0 Å². The van der Waals surface area contributed by atoms with Gasteiger partial charge >= 0.3 is 6.03 Å². The van der Waals surface area contributed by atoms with Crippen LogP contribution in [0.3, 0.4) is 0 Å². The summed E-state index contributed by atoms with van der Waals surface area (Å²) < 4.78 is 13.0. The molecule has 1 fully saturated rings. The first-order valence-corrected chi connectivity index (χ1v) is 7.15. The average Bonchev–Trinajstić information content (AvgIpc) is 2.89. The summed E-state index contributed by atoms with van der Waals surface area (Å²) in [6, 6.07) is 8.44. The molecule has 6 nitrogen and oxygen atoms in total. The molecular weight excluding hydrogens is 299 g/mol. The highest BCUT2D eigenvalue weighted by molar-refractivity contribution is 5.97. The zero-order valence-electron chi connectivity index (χ0n) is 12.2. The number of benzene rings is 1.